The van der Waals surface area contributed by atoms with Gasteiger partial charge in [0, 0.05) is 31.4 Å². The molecule has 1 spiro atoms. The molecule has 4 rings (SSSR count). The lowest BCUT2D eigenvalue weighted by Gasteiger charge is -2.44. The van der Waals surface area contributed by atoms with Crippen molar-refractivity contribution in [3.8, 4) is 0 Å². The van der Waals surface area contributed by atoms with Gasteiger partial charge in [0.05, 0.1) is 5.41 Å². The molecule has 1 atom stereocenters. The van der Waals surface area contributed by atoms with Crippen LogP contribution in [0.25, 0.3) is 0 Å². The van der Waals surface area contributed by atoms with Crippen molar-refractivity contribution in [2.45, 2.75) is 70.8 Å². The number of piperidine rings is 1. The number of nitrogens with one attached hydrogen (secondary N) is 1. The third kappa shape index (κ3) is 3.06. The molecule has 0 bridgehead atoms. The number of nitrogens with zero attached hydrogens (tertiary/aromatic N) is 2. The Labute approximate surface area is 156 Å². The molecular formula is C21H31N3O2. The Bertz CT molecular complexity index is 677. The Balaban J connectivity index is 1.47. The fraction of sp³-hybridized carbons (Fsp3) is 0.714. The van der Waals surface area contributed by atoms with Crippen LogP contribution in [0.1, 0.15) is 74.5 Å². The van der Waals surface area contributed by atoms with E-state index in [1.807, 2.05) is 17.0 Å². The number of hydrogen-bond donors (Lipinski definition) is 1. The molecule has 2 amide bonds. The summed E-state index contributed by atoms with van der Waals surface area (Å²) in [6.45, 7) is 4.28. The first-order valence-corrected chi connectivity index (χ1v) is 10.4. The van der Waals surface area contributed by atoms with Gasteiger partial charge in [0.15, 0.2) is 0 Å². The van der Waals surface area contributed by atoms with Gasteiger partial charge in [0.2, 0.25) is 5.91 Å². The van der Waals surface area contributed by atoms with Crippen molar-refractivity contribution in [3.05, 3.63) is 23.5 Å². The van der Waals surface area contributed by atoms with Crippen LogP contribution in [0.5, 0.6) is 0 Å². The van der Waals surface area contributed by atoms with Crippen molar-refractivity contribution < 1.29 is 9.59 Å². The maximum Gasteiger partial charge on any atom is 0.270 e. The zero-order valence-corrected chi connectivity index (χ0v) is 15.9. The second kappa shape index (κ2) is 7.09. The summed E-state index contributed by atoms with van der Waals surface area (Å²) in [4.78, 5) is 33.5. The Kier molecular flexibility index (Phi) is 4.80. The van der Waals surface area contributed by atoms with Crippen molar-refractivity contribution in [1.29, 1.82) is 0 Å². The summed E-state index contributed by atoms with van der Waals surface area (Å²) < 4.78 is 0. The van der Waals surface area contributed by atoms with Crippen LogP contribution in [0, 0.1) is 5.41 Å². The van der Waals surface area contributed by atoms with E-state index >= 15 is 0 Å². The number of amides is 2. The number of likely N-dealkylation sites (tertiary alicyclic amines) is 2. The summed E-state index contributed by atoms with van der Waals surface area (Å²) in [6, 6.07) is 4.30. The highest BCUT2D eigenvalue weighted by molar-refractivity contribution is 5.94. The molecule has 5 nitrogen and oxygen atoms in total. The normalized spacial score (nSPS) is 27.5. The monoisotopic (exact) mass is 357 g/mol. The number of aryl methyl sites for hydroxylation is 1. The number of carbonyl (C=O) groups is 2. The molecule has 2 saturated heterocycles. The topological polar surface area (TPSA) is 56.4 Å². The van der Waals surface area contributed by atoms with E-state index in [-0.39, 0.29) is 11.3 Å². The minimum absolute atomic E-state index is 0.0455. The van der Waals surface area contributed by atoms with Crippen LogP contribution in [-0.4, -0.2) is 52.3 Å². The van der Waals surface area contributed by atoms with Crippen LogP contribution in [0.3, 0.4) is 0 Å². The van der Waals surface area contributed by atoms with Gasteiger partial charge < -0.3 is 14.8 Å². The van der Waals surface area contributed by atoms with Gasteiger partial charge in [-0.1, -0.05) is 26.2 Å². The molecule has 0 radical (unpaired) electrons. The molecule has 5 heteroatoms. The zero-order chi connectivity index (χ0) is 18.1. The van der Waals surface area contributed by atoms with Gasteiger partial charge in [-0.25, -0.2) is 0 Å². The lowest BCUT2D eigenvalue weighted by atomic mass is 9.77. The van der Waals surface area contributed by atoms with E-state index in [2.05, 4.69) is 16.8 Å². The predicted octanol–water partition coefficient (Wildman–Crippen LogP) is 3.36. The Morgan fingerprint density at radius 2 is 1.96 bits per heavy atom. The molecule has 3 aliphatic rings. The van der Waals surface area contributed by atoms with Crippen molar-refractivity contribution in [2.75, 3.05) is 19.6 Å². The van der Waals surface area contributed by atoms with Gasteiger partial charge in [-0.3, -0.25) is 9.59 Å². The molecule has 1 saturated carbocycles. The van der Waals surface area contributed by atoms with E-state index in [0.717, 1.165) is 50.8 Å². The van der Waals surface area contributed by atoms with Crippen LogP contribution in [-0.2, 0) is 11.2 Å². The number of H-pyrrole nitrogens is 1. The van der Waals surface area contributed by atoms with E-state index in [0.29, 0.717) is 30.7 Å². The Morgan fingerprint density at radius 3 is 2.69 bits per heavy atom. The third-order valence-electron chi connectivity index (χ3n) is 6.78. The molecule has 2 aliphatic heterocycles. The van der Waals surface area contributed by atoms with E-state index in [1.54, 1.807) is 0 Å². The van der Waals surface area contributed by atoms with Crippen molar-refractivity contribution in [3.63, 3.8) is 0 Å². The lowest BCUT2D eigenvalue weighted by molar-refractivity contribution is -0.149. The average Bonchev–Trinajstić information content (AvgIpc) is 3.32. The highest BCUT2D eigenvalue weighted by Crippen LogP contribution is 2.42. The van der Waals surface area contributed by atoms with Gasteiger partial charge in [0.25, 0.3) is 5.91 Å². The summed E-state index contributed by atoms with van der Waals surface area (Å²) in [5, 5.41) is 0. The van der Waals surface area contributed by atoms with Crippen molar-refractivity contribution >= 4 is 11.8 Å². The Morgan fingerprint density at radius 1 is 1.15 bits per heavy atom. The summed E-state index contributed by atoms with van der Waals surface area (Å²) >= 11 is 0. The summed E-state index contributed by atoms with van der Waals surface area (Å²) in [6.07, 6.45) is 9.85. The molecule has 1 unspecified atom stereocenters. The van der Waals surface area contributed by atoms with E-state index in [4.69, 9.17) is 0 Å². The van der Waals surface area contributed by atoms with Crippen molar-refractivity contribution in [2.24, 2.45) is 5.41 Å². The minimum Gasteiger partial charge on any atom is -0.354 e. The first-order chi connectivity index (χ1) is 12.6. The quantitative estimate of drug-likeness (QED) is 0.902. The maximum absolute atomic E-state index is 13.4. The number of aromatic amines is 1. The molecule has 0 aromatic carbocycles. The van der Waals surface area contributed by atoms with Crippen LogP contribution in [0.4, 0.5) is 0 Å². The zero-order valence-electron chi connectivity index (χ0n) is 15.9. The fourth-order valence-electron chi connectivity index (χ4n) is 5.21. The number of hydrogen-bond acceptors (Lipinski definition) is 2. The van der Waals surface area contributed by atoms with Gasteiger partial charge >= 0.3 is 0 Å². The molecule has 26 heavy (non-hydrogen) atoms. The van der Waals surface area contributed by atoms with E-state index in [1.165, 1.54) is 19.3 Å². The lowest BCUT2D eigenvalue weighted by Crippen LogP contribution is -2.54. The van der Waals surface area contributed by atoms with Gasteiger partial charge in [0.1, 0.15) is 5.69 Å². The van der Waals surface area contributed by atoms with E-state index in [9.17, 15) is 9.59 Å². The molecule has 1 aromatic rings. The molecule has 1 N–H and O–H groups in total. The predicted molar refractivity (Wildman–Crippen MR) is 101 cm³/mol. The van der Waals surface area contributed by atoms with Crippen molar-refractivity contribution in [1.82, 2.24) is 14.8 Å². The van der Waals surface area contributed by atoms with Gasteiger partial charge in [-0.05, 0) is 50.7 Å². The fourth-order valence-corrected chi connectivity index (χ4v) is 5.21. The van der Waals surface area contributed by atoms with Crippen LogP contribution in [0.2, 0.25) is 0 Å². The summed E-state index contributed by atoms with van der Waals surface area (Å²) in [5.74, 6) is 0.371. The Hall–Kier alpha value is -1.78. The minimum atomic E-state index is -0.328. The molecular weight excluding hydrogens is 326 g/mol. The first-order valence-electron chi connectivity index (χ1n) is 10.4. The van der Waals surface area contributed by atoms with Gasteiger partial charge in [-0.15, -0.1) is 0 Å². The van der Waals surface area contributed by atoms with Crippen LogP contribution in [0.15, 0.2) is 12.1 Å². The SMILES string of the molecule is CCc1ccc(C(=O)N2CCC3(CCCN(C4CCCCC4)C3=O)C2)[nH]1. The average molecular weight is 357 g/mol. The van der Waals surface area contributed by atoms with Crippen LogP contribution < -0.4 is 0 Å². The standard InChI is InChI=1S/C21H31N3O2/c1-2-16-9-10-18(22-16)19(25)23-14-12-21(15-23)11-6-13-24(20(21)26)17-7-4-3-5-8-17/h9-10,17,22H,2-8,11-15H2,1H3. The largest absolute Gasteiger partial charge is 0.354 e. The molecule has 1 aromatic heterocycles. The highest BCUT2D eigenvalue weighted by Gasteiger charge is 2.50. The number of aromatic nitrogens is 1. The molecule has 1 aliphatic carbocycles. The second-order valence-electron chi connectivity index (χ2n) is 8.40. The highest BCUT2D eigenvalue weighted by atomic mass is 16.2. The molecule has 3 fully saturated rings. The smallest absolute Gasteiger partial charge is 0.270 e. The maximum atomic E-state index is 13.4. The number of rotatable bonds is 3. The summed E-state index contributed by atoms with van der Waals surface area (Å²) in [7, 11) is 0. The molecule has 142 valence electrons. The van der Waals surface area contributed by atoms with E-state index < -0.39 is 0 Å². The first kappa shape index (κ1) is 17.6. The molecule has 3 heterocycles. The second-order valence-corrected chi connectivity index (χ2v) is 8.40. The number of carbonyl (C=O) groups excluding carboxylic acids is 2. The third-order valence-corrected chi connectivity index (χ3v) is 6.78. The summed E-state index contributed by atoms with van der Waals surface area (Å²) in [5.41, 5.74) is 1.41. The van der Waals surface area contributed by atoms with Gasteiger partial charge in [-0.2, -0.15) is 0 Å². The van der Waals surface area contributed by atoms with Crippen LogP contribution >= 0.6 is 0 Å².